The van der Waals surface area contributed by atoms with Gasteiger partial charge in [0.05, 0.1) is 0 Å². The minimum atomic E-state index is 0.285. The second-order valence-electron chi connectivity index (χ2n) is 3.30. The number of nitrogens with one attached hydrogen (secondary N) is 1. The molecular formula is C10H14N2. The van der Waals surface area contributed by atoms with E-state index in [9.17, 15) is 0 Å². The minimum Gasteiger partial charge on any atom is -0.326 e. The van der Waals surface area contributed by atoms with E-state index in [-0.39, 0.29) is 6.04 Å². The fraction of sp³-hybridized carbons (Fsp3) is 0.400. The lowest BCUT2D eigenvalue weighted by Crippen LogP contribution is -2.27. The number of hydrogen-bond donors (Lipinski definition) is 2. The van der Waals surface area contributed by atoms with Crippen LogP contribution >= 0.6 is 0 Å². The first-order chi connectivity index (χ1) is 5.88. The summed E-state index contributed by atoms with van der Waals surface area (Å²) in [5, 5.41) is 3.40. The van der Waals surface area contributed by atoms with Crippen LogP contribution in [0.4, 0.5) is 0 Å². The Labute approximate surface area is 72.8 Å². The van der Waals surface area contributed by atoms with Gasteiger partial charge >= 0.3 is 0 Å². The van der Waals surface area contributed by atoms with Gasteiger partial charge in [-0.15, -0.1) is 0 Å². The van der Waals surface area contributed by atoms with Crippen molar-refractivity contribution in [2.45, 2.75) is 18.5 Å². The Morgan fingerprint density at radius 3 is 2.58 bits per heavy atom. The third-order valence-electron chi connectivity index (χ3n) is 2.43. The summed E-state index contributed by atoms with van der Waals surface area (Å²) in [7, 11) is 0. The first kappa shape index (κ1) is 7.77. The van der Waals surface area contributed by atoms with Crippen LogP contribution in [0, 0.1) is 0 Å². The zero-order valence-corrected chi connectivity index (χ0v) is 7.03. The molecule has 1 aliphatic rings. The Morgan fingerprint density at radius 1 is 1.25 bits per heavy atom. The molecule has 1 aromatic carbocycles. The topological polar surface area (TPSA) is 38.0 Å². The smallest absolute Gasteiger partial charge is 0.0474 e. The standard InChI is InChI=1S/C10H14N2/c11-9-6-7-12-10(9)8-4-2-1-3-5-8/h1-5,9-10,12H,6-7,11H2. The molecule has 2 unspecified atom stereocenters. The van der Waals surface area contributed by atoms with E-state index in [1.54, 1.807) is 0 Å². The van der Waals surface area contributed by atoms with Crippen molar-refractivity contribution in [1.82, 2.24) is 5.32 Å². The van der Waals surface area contributed by atoms with Gasteiger partial charge < -0.3 is 11.1 Å². The van der Waals surface area contributed by atoms with Crippen LogP contribution in [0.5, 0.6) is 0 Å². The second-order valence-corrected chi connectivity index (χ2v) is 3.30. The second kappa shape index (κ2) is 3.25. The molecular weight excluding hydrogens is 148 g/mol. The summed E-state index contributed by atoms with van der Waals surface area (Å²) in [5.74, 6) is 0. The predicted octanol–water partition coefficient (Wildman–Crippen LogP) is 1.05. The van der Waals surface area contributed by atoms with Crippen molar-refractivity contribution in [2.24, 2.45) is 5.73 Å². The van der Waals surface area contributed by atoms with E-state index in [1.807, 2.05) is 6.07 Å². The van der Waals surface area contributed by atoms with Crippen molar-refractivity contribution in [2.75, 3.05) is 6.54 Å². The largest absolute Gasteiger partial charge is 0.326 e. The Morgan fingerprint density at radius 2 is 2.00 bits per heavy atom. The zero-order valence-electron chi connectivity index (χ0n) is 7.03. The molecule has 2 rings (SSSR count). The van der Waals surface area contributed by atoms with E-state index in [0.29, 0.717) is 6.04 Å². The molecule has 1 heterocycles. The van der Waals surface area contributed by atoms with Crippen molar-refractivity contribution in [1.29, 1.82) is 0 Å². The minimum absolute atomic E-state index is 0.285. The van der Waals surface area contributed by atoms with Gasteiger partial charge in [0.25, 0.3) is 0 Å². The van der Waals surface area contributed by atoms with Gasteiger partial charge in [-0.25, -0.2) is 0 Å². The third-order valence-corrected chi connectivity index (χ3v) is 2.43. The molecule has 0 aromatic heterocycles. The highest BCUT2D eigenvalue weighted by atomic mass is 15.0. The molecule has 64 valence electrons. The van der Waals surface area contributed by atoms with Crippen LogP contribution in [-0.2, 0) is 0 Å². The lowest BCUT2D eigenvalue weighted by atomic mass is 10.0. The maximum atomic E-state index is 5.95. The average Bonchev–Trinajstić information content (AvgIpc) is 2.53. The van der Waals surface area contributed by atoms with Gasteiger partial charge in [-0.1, -0.05) is 30.3 Å². The van der Waals surface area contributed by atoms with Gasteiger partial charge in [-0.05, 0) is 18.5 Å². The molecule has 1 saturated heterocycles. The highest BCUT2D eigenvalue weighted by Gasteiger charge is 2.23. The summed E-state index contributed by atoms with van der Waals surface area (Å²) >= 11 is 0. The third kappa shape index (κ3) is 1.36. The summed E-state index contributed by atoms with van der Waals surface area (Å²) in [6.45, 7) is 1.04. The van der Waals surface area contributed by atoms with Crippen molar-refractivity contribution in [3.8, 4) is 0 Å². The molecule has 2 nitrogen and oxygen atoms in total. The molecule has 0 spiro atoms. The Bertz CT molecular complexity index is 245. The van der Waals surface area contributed by atoms with Gasteiger partial charge in [0.15, 0.2) is 0 Å². The Kier molecular flexibility index (Phi) is 2.11. The normalized spacial score (nSPS) is 29.1. The molecule has 2 atom stereocenters. The maximum absolute atomic E-state index is 5.95. The molecule has 1 fully saturated rings. The van der Waals surface area contributed by atoms with E-state index in [0.717, 1.165) is 13.0 Å². The quantitative estimate of drug-likeness (QED) is 0.647. The van der Waals surface area contributed by atoms with Gasteiger partial charge in [0.1, 0.15) is 0 Å². The average molecular weight is 162 g/mol. The van der Waals surface area contributed by atoms with Gasteiger partial charge in [-0.3, -0.25) is 0 Å². The molecule has 0 amide bonds. The van der Waals surface area contributed by atoms with E-state index < -0.39 is 0 Å². The molecule has 1 aromatic rings. The first-order valence-corrected chi connectivity index (χ1v) is 4.42. The number of benzene rings is 1. The van der Waals surface area contributed by atoms with E-state index in [2.05, 4.69) is 29.6 Å². The summed E-state index contributed by atoms with van der Waals surface area (Å²) in [6.07, 6.45) is 1.08. The molecule has 3 N–H and O–H groups in total. The highest BCUT2D eigenvalue weighted by Crippen LogP contribution is 2.21. The van der Waals surface area contributed by atoms with Crippen LogP contribution < -0.4 is 11.1 Å². The maximum Gasteiger partial charge on any atom is 0.0474 e. The summed E-state index contributed by atoms with van der Waals surface area (Å²) < 4.78 is 0. The van der Waals surface area contributed by atoms with Gasteiger partial charge in [-0.2, -0.15) is 0 Å². The van der Waals surface area contributed by atoms with Crippen LogP contribution in [0.15, 0.2) is 30.3 Å². The monoisotopic (exact) mass is 162 g/mol. The van der Waals surface area contributed by atoms with Crippen molar-refractivity contribution in [3.05, 3.63) is 35.9 Å². The van der Waals surface area contributed by atoms with Gasteiger partial charge in [0.2, 0.25) is 0 Å². The van der Waals surface area contributed by atoms with Crippen molar-refractivity contribution in [3.63, 3.8) is 0 Å². The molecule has 1 aliphatic heterocycles. The first-order valence-electron chi connectivity index (χ1n) is 4.42. The molecule has 0 saturated carbocycles. The Hall–Kier alpha value is -0.860. The molecule has 0 radical (unpaired) electrons. The van der Waals surface area contributed by atoms with Crippen LogP contribution in [0.2, 0.25) is 0 Å². The van der Waals surface area contributed by atoms with Crippen LogP contribution in [0.3, 0.4) is 0 Å². The fourth-order valence-corrected chi connectivity index (χ4v) is 1.75. The molecule has 0 bridgehead atoms. The SMILES string of the molecule is NC1CCNC1c1ccccc1. The van der Waals surface area contributed by atoms with Crippen LogP contribution in [0.25, 0.3) is 0 Å². The van der Waals surface area contributed by atoms with Crippen LogP contribution in [-0.4, -0.2) is 12.6 Å². The zero-order chi connectivity index (χ0) is 8.39. The molecule has 2 heteroatoms. The molecule has 0 aliphatic carbocycles. The predicted molar refractivity (Wildman–Crippen MR) is 49.8 cm³/mol. The number of hydrogen-bond acceptors (Lipinski definition) is 2. The summed E-state index contributed by atoms with van der Waals surface area (Å²) in [4.78, 5) is 0. The highest BCUT2D eigenvalue weighted by molar-refractivity contribution is 5.21. The number of rotatable bonds is 1. The van der Waals surface area contributed by atoms with Crippen molar-refractivity contribution >= 4 is 0 Å². The van der Waals surface area contributed by atoms with Gasteiger partial charge in [0, 0.05) is 12.1 Å². The lowest BCUT2D eigenvalue weighted by molar-refractivity contribution is 0.571. The lowest BCUT2D eigenvalue weighted by Gasteiger charge is -2.15. The van der Waals surface area contributed by atoms with Crippen molar-refractivity contribution < 1.29 is 0 Å². The van der Waals surface area contributed by atoms with E-state index >= 15 is 0 Å². The van der Waals surface area contributed by atoms with E-state index in [1.165, 1.54) is 5.56 Å². The Balaban J connectivity index is 2.19. The molecule has 12 heavy (non-hydrogen) atoms. The fourth-order valence-electron chi connectivity index (χ4n) is 1.75. The summed E-state index contributed by atoms with van der Waals surface area (Å²) in [6, 6.07) is 11.1. The summed E-state index contributed by atoms with van der Waals surface area (Å²) in [5.41, 5.74) is 7.26. The van der Waals surface area contributed by atoms with E-state index in [4.69, 9.17) is 5.73 Å². The van der Waals surface area contributed by atoms with Crippen LogP contribution in [0.1, 0.15) is 18.0 Å². The number of nitrogens with two attached hydrogens (primary N) is 1.